The molecular weight excluding hydrogens is 267 g/mol. The van der Waals surface area contributed by atoms with Crippen LogP contribution < -0.4 is 10.5 Å². The van der Waals surface area contributed by atoms with Crippen LogP contribution in [0.15, 0.2) is 24.3 Å². The number of ether oxygens (including phenoxy) is 1. The minimum Gasteiger partial charge on any atom is -0.405 e. The highest BCUT2D eigenvalue weighted by Gasteiger charge is 2.32. The SMILES string of the molecule is NC(CCC1CCCC1)c1ccccc1OC(F)(F)F. The number of alkyl halides is 3. The molecule has 1 atom stereocenters. The minimum atomic E-state index is -4.68. The maximum atomic E-state index is 12.4. The van der Waals surface area contributed by atoms with Gasteiger partial charge in [0.05, 0.1) is 0 Å². The molecule has 0 bridgehead atoms. The lowest BCUT2D eigenvalue weighted by atomic mass is 9.95. The molecule has 2 nitrogen and oxygen atoms in total. The third-order valence-electron chi connectivity index (χ3n) is 3.90. The Morgan fingerprint density at radius 1 is 1.20 bits per heavy atom. The van der Waals surface area contributed by atoms with E-state index in [1.807, 2.05) is 0 Å². The Morgan fingerprint density at radius 3 is 2.50 bits per heavy atom. The minimum absolute atomic E-state index is 0.182. The van der Waals surface area contributed by atoms with Gasteiger partial charge >= 0.3 is 6.36 Å². The average Bonchev–Trinajstić information content (AvgIpc) is 2.88. The smallest absolute Gasteiger partial charge is 0.405 e. The van der Waals surface area contributed by atoms with Crippen molar-refractivity contribution in [2.24, 2.45) is 11.7 Å². The highest BCUT2D eigenvalue weighted by molar-refractivity contribution is 5.35. The van der Waals surface area contributed by atoms with Gasteiger partial charge in [-0.15, -0.1) is 13.2 Å². The van der Waals surface area contributed by atoms with E-state index in [9.17, 15) is 13.2 Å². The summed E-state index contributed by atoms with van der Waals surface area (Å²) < 4.78 is 41.1. The lowest BCUT2D eigenvalue weighted by Crippen LogP contribution is -2.20. The molecule has 0 heterocycles. The highest BCUT2D eigenvalue weighted by Crippen LogP contribution is 2.34. The van der Waals surface area contributed by atoms with Gasteiger partial charge < -0.3 is 10.5 Å². The van der Waals surface area contributed by atoms with Gasteiger partial charge in [0, 0.05) is 11.6 Å². The van der Waals surface area contributed by atoms with E-state index in [1.165, 1.54) is 37.8 Å². The molecule has 1 aliphatic rings. The number of benzene rings is 1. The molecule has 2 rings (SSSR count). The Kier molecular flexibility index (Phi) is 4.91. The van der Waals surface area contributed by atoms with Gasteiger partial charge in [-0.2, -0.15) is 0 Å². The van der Waals surface area contributed by atoms with E-state index >= 15 is 0 Å². The third kappa shape index (κ3) is 4.40. The first-order chi connectivity index (χ1) is 9.46. The van der Waals surface area contributed by atoms with Crippen LogP contribution in [0, 0.1) is 5.92 Å². The van der Waals surface area contributed by atoms with Crippen molar-refractivity contribution < 1.29 is 17.9 Å². The van der Waals surface area contributed by atoms with Crippen molar-refractivity contribution in [2.75, 3.05) is 0 Å². The van der Waals surface area contributed by atoms with Crippen molar-refractivity contribution in [3.05, 3.63) is 29.8 Å². The van der Waals surface area contributed by atoms with Crippen molar-refractivity contribution in [1.29, 1.82) is 0 Å². The Labute approximate surface area is 117 Å². The van der Waals surface area contributed by atoms with Crippen molar-refractivity contribution in [3.63, 3.8) is 0 Å². The summed E-state index contributed by atoms with van der Waals surface area (Å²) in [6.07, 6.45) is 1.94. The molecule has 1 saturated carbocycles. The first-order valence-electron chi connectivity index (χ1n) is 7.06. The van der Waals surface area contributed by atoms with Gasteiger partial charge in [0.25, 0.3) is 0 Å². The fourth-order valence-electron chi connectivity index (χ4n) is 2.87. The van der Waals surface area contributed by atoms with E-state index in [-0.39, 0.29) is 5.75 Å². The molecule has 1 aliphatic carbocycles. The highest BCUT2D eigenvalue weighted by atomic mass is 19.4. The molecule has 0 saturated heterocycles. The van der Waals surface area contributed by atoms with Crippen LogP contribution in [0.4, 0.5) is 13.2 Å². The van der Waals surface area contributed by atoms with Crippen molar-refractivity contribution in [2.45, 2.75) is 50.9 Å². The summed E-state index contributed by atoms with van der Waals surface area (Å²) in [5.74, 6) is 0.496. The quantitative estimate of drug-likeness (QED) is 0.862. The van der Waals surface area contributed by atoms with Crippen LogP contribution in [0.1, 0.15) is 50.1 Å². The normalized spacial score (nSPS) is 18.2. The lowest BCUT2D eigenvalue weighted by Gasteiger charge is -2.19. The second kappa shape index (κ2) is 6.48. The molecule has 0 radical (unpaired) electrons. The Bertz CT molecular complexity index is 427. The van der Waals surface area contributed by atoms with Crippen LogP contribution in [0.25, 0.3) is 0 Å². The van der Waals surface area contributed by atoms with Gasteiger partial charge in [-0.3, -0.25) is 0 Å². The fraction of sp³-hybridized carbons (Fsp3) is 0.600. The Balaban J connectivity index is 1.99. The average molecular weight is 287 g/mol. The molecule has 112 valence electrons. The summed E-state index contributed by atoms with van der Waals surface area (Å²) in [6.45, 7) is 0. The zero-order valence-corrected chi connectivity index (χ0v) is 11.3. The molecular formula is C15H20F3NO. The van der Waals surface area contributed by atoms with Gasteiger partial charge in [0.15, 0.2) is 0 Å². The molecule has 5 heteroatoms. The van der Waals surface area contributed by atoms with Crippen LogP contribution >= 0.6 is 0 Å². The van der Waals surface area contributed by atoms with Crippen LogP contribution in [0.5, 0.6) is 5.75 Å². The van der Waals surface area contributed by atoms with Crippen molar-refractivity contribution in [3.8, 4) is 5.75 Å². The molecule has 1 unspecified atom stereocenters. The van der Waals surface area contributed by atoms with Crippen LogP contribution in [0.3, 0.4) is 0 Å². The fourth-order valence-corrected chi connectivity index (χ4v) is 2.87. The van der Waals surface area contributed by atoms with Crippen molar-refractivity contribution in [1.82, 2.24) is 0 Å². The Hall–Kier alpha value is -1.23. The maximum absolute atomic E-state index is 12.4. The Morgan fingerprint density at radius 2 is 1.85 bits per heavy atom. The van der Waals surface area contributed by atoms with Gasteiger partial charge in [-0.25, -0.2) is 0 Å². The summed E-state index contributed by atoms with van der Waals surface area (Å²) in [7, 11) is 0. The predicted octanol–water partition coefficient (Wildman–Crippen LogP) is 4.56. The number of nitrogens with two attached hydrogens (primary N) is 1. The van der Waals surface area contributed by atoms with Gasteiger partial charge in [-0.1, -0.05) is 43.9 Å². The lowest BCUT2D eigenvalue weighted by molar-refractivity contribution is -0.275. The summed E-state index contributed by atoms with van der Waals surface area (Å²) in [4.78, 5) is 0. The summed E-state index contributed by atoms with van der Waals surface area (Å²) in [5, 5.41) is 0. The largest absolute Gasteiger partial charge is 0.573 e. The zero-order valence-electron chi connectivity index (χ0n) is 11.3. The summed E-state index contributed by atoms with van der Waals surface area (Å²) in [6, 6.07) is 5.73. The van der Waals surface area contributed by atoms with Gasteiger partial charge in [0.2, 0.25) is 0 Å². The predicted molar refractivity (Wildman–Crippen MR) is 71.2 cm³/mol. The molecule has 1 aromatic rings. The molecule has 1 fully saturated rings. The summed E-state index contributed by atoms with van der Waals surface area (Å²) >= 11 is 0. The molecule has 0 spiro atoms. The molecule has 20 heavy (non-hydrogen) atoms. The van der Waals surface area contributed by atoms with E-state index in [2.05, 4.69) is 4.74 Å². The maximum Gasteiger partial charge on any atom is 0.573 e. The number of rotatable bonds is 5. The van der Waals surface area contributed by atoms with Crippen LogP contribution in [0.2, 0.25) is 0 Å². The van der Waals surface area contributed by atoms with Gasteiger partial charge in [-0.05, 0) is 24.8 Å². The molecule has 1 aromatic carbocycles. The first kappa shape index (κ1) is 15.2. The van der Waals surface area contributed by atoms with Crippen LogP contribution in [-0.2, 0) is 0 Å². The zero-order chi connectivity index (χ0) is 14.6. The number of halogens is 3. The van der Waals surface area contributed by atoms with E-state index in [0.717, 1.165) is 6.42 Å². The van der Waals surface area contributed by atoms with E-state index in [4.69, 9.17) is 5.73 Å². The molecule has 0 aromatic heterocycles. The van der Waals surface area contributed by atoms with Crippen molar-refractivity contribution >= 4 is 0 Å². The number of hydrogen-bond donors (Lipinski definition) is 1. The molecule has 2 N–H and O–H groups in total. The topological polar surface area (TPSA) is 35.2 Å². The monoisotopic (exact) mass is 287 g/mol. The molecule has 0 amide bonds. The third-order valence-corrected chi connectivity index (χ3v) is 3.90. The van der Waals surface area contributed by atoms with Crippen LogP contribution in [-0.4, -0.2) is 6.36 Å². The van der Waals surface area contributed by atoms with E-state index < -0.39 is 12.4 Å². The van der Waals surface area contributed by atoms with Gasteiger partial charge in [0.1, 0.15) is 5.75 Å². The second-order valence-corrected chi connectivity index (χ2v) is 5.42. The second-order valence-electron chi connectivity index (χ2n) is 5.42. The summed E-state index contributed by atoms with van der Waals surface area (Å²) in [5.41, 5.74) is 6.48. The first-order valence-corrected chi connectivity index (χ1v) is 7.06. The number of hydrogen-bond acceptors (Lipinski definition) is 2. The number of para-hydroxylation sites is 1. The van der Waals surface area contributed by atoms with E-state index in [0.29, 0.717) is 17.9 Å². The van der Waals surface area contributed by atoms with E-state index in [1.54, 1.807) is 12.1 Å². The molecule has 0 aliphatic heterocycles. The standard InChI is InChI=1S/C15H20F3NO/c16-15(17,18)20-14-8-4-3-7-12(14)13(19)10-9-11-5-1-2-6-11/h3-4,7-8,11,13H,1-2,5-6,9-10,19H2.